The number of hydrogen-bond donors (Lipinski definition) is 1. The average Bonchev–Trinajstić information content (AvgIpc) is 2.76. The lowest BCUT2D eigenvalue weighted by atomic mass is 9.72. The van der Waals surface area contributed by atoms with Crippen molar-refractivity contribution in [3.63, 3.8) is 0 Å². The fourth-order valence-corrected chi connectivity index (χ4v) is 4.31. The smallest absolute Gasteiger partial charge is 0.307 e. The molecule has 1 aromatic rings. The number of carboxylic acid groups (broad SMARTS) is 1. The predicted molar refractivity (Wildman–Crippen MR) is 75.4 cm³/mol. The zero-order valence-electron chi connectivity index (χ0n) is 10.6. The van der Waals surface area contributed by atoms with Gasteiger partial charge in [-0.15, -0.1) is 11.3 Å². The highest BCUT2D eigenvalue weighted by molar-refractivity contribution is 7.16. The summed E-state index contributed by atoms with van der Waals surface area (Å²) in [6.07, 6.45) is 5.25. The van der Waals surface area contributed by atoms with Gasteiger partial charge in [0.2, 0.25) is 0 Å². The molecule has 0 spiro atoms. The van der Waals surface area contributed by atoms with Gasteiger partial charge >= 0.3 is 5.97 Å². The van der Waals surface area contributed by atoms with E-state index in [1.54, 1.807) is 0 Å². The summed E-state index contributed by atoms with van der Waals surface area (Å²) in [6.45, 7) is 2.19. The number of rotatable bonds is 4. The van der Waals surface area contributed by atoms with Gasteiger partial charge in [0.05, 0.1) is 10.3 Å². The zero-order valence-corrected chi connectivity index (χ0v) is 12.1. The first kappa shape index (κ1) is 13.9. The van der Waals surface area contributed by atoms with Crippen molar-refractivity contribution < 1.29 is 9.90 Å². The van der Waals surface area contributed by atoms with Crippen LogP contribution in [0.3, 0.4) is 0 Å². The zero-order chi connectivity index (χ0) is 13.1. The second-order valence-corrected chi connectivity index (χ2v) is 6.91. The maximum absolute atomic E-state index is 11.4. The van der Waals surface area contributed by atoms with Crippen LogP contribution in [-0.2, 0) is 4.79 Å². The van der Waals surface area contributed by atoms with Crippen molar-refractivity contribution in [3.8, 4) is 0 Å². The van der Waals surface area contributed by atoms with E-state index in [4.69, 9.17) is 11.6 Å². The SMILES string of the molecule is CCCC1CCC(C(=O)O)C(c2ccc(Cl)s2)C1. The van der Waals surface area contributed by atoms with Crippen LogP contribution in [0.1, 0.15) is 49.8 Å². The summed E-state index contributed by atoms with van der Waals surface area (Å²) in [5, 5.41) is 9.36. The van der Waals surface area contributed by atoms with Crippen molar-refractivity contribution in [2.45, 2.75) is 44.9 Å². The van der Waals surface area contributed by atoms with E-state index in [0.717, 1.165) is 28.5 Å². The van der Waals surface area contributed by atoms with Crippen molar-refractivity contribution in [3.05, 3.63) is 21.3 Å². The number of aliphatic carboxylic acids is 1. The van der Waals surface area contributed by atoms with Gasteiger partial charge < -0.3 is 5.11 Å². The van der Waals surface area contributed by atoms with Gasteiger partial charge in [-0.3, -0.25) is 4.79 Å². The minimum absolute atomic E-state index is 0.158. The van der Waals surface area contributed by atoms with E-state index in [2.05, 4.69) is 6.92 Å². The van der Waals surface area contributed by atoms with Gasteiger partial charge in [0.15, 0.2) is 0 Å². The third-order valence-corrected chi connectivity index (χ3v) is 5.30. The molecule has 2 nitrogen and oxygen atoms in total. The lowest BCUT2D eigenvalue weighted by Gasteiger charge is -2.33. The Hall–Kier alpha value is -0.540. The third kappa shape index (κ3) is 3.07. The van der Waals surface area contributed by atoms with Gasteiger partial charge in [-0.25, -0.2) is 0 Å². The van der Waals surface area contributed by atoms with E-state index >= 15 is 0 Å². The largest absolute Gasteiger partial charge is 0.481 e. The van der Waals surface area contributed by atoms with Crippen LogP contribution < -0.4 is 0 Å². The molecule has 1 aromatic heterocycles. The van der Waals surface area contributed by atoms with Crippen molar-refractivity contribution in [1.29, 1.82) is 0 Å². The summed E-state index contributed by atoms with van der Waals surface area (Å²) in [5.41, 5.74) is 0. The molecule has 3 unspecified atom stereocenters. The van der Waals surface area contributed by atoms with Crippen LogP contribution in [0.4, 0.5) is 0 Å². The minimum atomic E-state index is -0.653. The normalized spacial score (nSPS) is 28.2. The second kappa shape index (κ2) is 6.07. The summed E-state index contributed by atoms with van der Waals surface area (Å²) in [6, 6.07) is 3.88. The molecule has 0 radical (unpaired) electrons. The lowest BCUT2D eigenvalue weighted by Crippen LogP contribution is -2.28. The maximum atomic E-state index is 11.4. The van der Waals surface area contributed by atoms with Gasteiger partial charge in [-0.2, -0.15) is 0 Å². The number of carbonyl (C=O) groups is 1. The quantitative estimate of drug-likeness (QED) is 0.864. The molecule has 0 bridgehead atoms. The first-order chi connectivity index (χ1) is 8.61. The Bertz CT molecular complexity index is 416. The van der Waals surface area contributed by atoms with Crippen LogP contribution in [0.5, 0.6) is 0 Å². The van der Waals surface area contributed by atoms with Crippen molar-refractivity contribution in [1.82, 2.24) is 0 Å². The molecule has 1 fully saturated rings. The number of carboxylic acids is 1. The summed E-state index contributed by atoms with van der Waals surface area (Å²) in [4.78, 5) is 12.5. The molecule has 0 aromatic carbocycles. The van der Waals surface area contributed by atoms with E-state index in [0.29, 0.717) is 5.92 Å². The topological polar surface area (TPSA) is 37.3 Å². The molecule has 3 atom stereocenters. The van der Waals surface area contributed by atoms with Gasteiger partial charge in [0.25, 0.3) is 0 Å². The van der Waals surface area contributed by atoms with Crippen LogP contribution >= 0.6 is 22.9 Å². The van der Waals surface area contributed by atoms with Crippen molar-refractivity contribution >= 4 is 28.9 Å². The molecular formula is C14H19ClO2S. The fourth-order valence-electron chi connectivity index (χ4n) is 3.07. The molecule has 1 N–H and O–H groups in total. The Morgan fingerprint density at radius 1 is 1.50 bits per heavy atom. The average molecular weight is 287 g/mol. The molecule has 2 rings (SSSR count). The van der Waals surface area contributed by atoms with Crippen LogP contribution in [0.2, 0.25) is 4.34 Å². The summed E-state index contributed by atoms with van der Waals surface area (Å²) in [7, 11) is 0. The van der Waals surface area contributed by atoms with Crippen LogP contribution in [0.15, 0.2) is 12.1 Å². The molecule has 4 heteroatoms. The minimum Gasteiger partial charge on any atom is -0.481 e. The summed E-state index contributed by atoms with van der Waals surface area (Å²) in [5.74, 6) is -0.0472. The lowest BCUT2D eigenvalue weighted by molar-refractivity contribution is -0.143. The highest BCUT2D eigenvalue weighted by Gasteiger charge is 2.36. The standard InChI is InChI=1S/C14H19ClO2S/c1-2-3-9-4-5-10(14(16)17)11(8-9)12-6-7-13(15)18-12/h6-7,9-11H,2-5,8H2,1H3,(H,16,17). The molecule has 0 amide bonds. The number of thiophene rings is 1. The fraction of sp³-hybridized carbons (Fsp3) is 0.643. The van der Waals surface area contributed by atoms with Gasteiger partial charge in [0, 0.05) is 10.8 Å². The number of hydrogen-bond acceptors (Lipinski definition) is 2. The van der Waals surface area contributed by atoms with E-state index in [-0.39, 0.29) is 11.8 Å². The first-order valence-electron chi connectivity index (χ1n) is 6.59. The molecule has 1 saturated carbocycles. The van der Waals surface area contributed by atoms with Crippen LogP contribution in [-0.4, -0.2) is 11.1 Å². The summed E-state index contributed by atoms with van der Waals surface area (Å²) >= 11 is 7.51. The molecule has 0 aliphatic heterocycles. The van der Waals surface area contributed by atoms with E-state index < -0.39 is 5.97 Å². The Kier molecular flexibility index (Phi) is 4.68. The Labute approximate surface area is 117 Å². The van der Waals surface area contributed by atoms with E-state index in [1.807, 2.05) is 12.1 Å². The Morgan fingerprint density at radius 3 is 2.83 bits per heavy atom. The van der Waals surface area contributed by atoms with Crippen molar-refractivity contribution in [2.75, 3.05) is 0 Å². The second-order valence-electron chi connectivity index (χ2n) is 5.16. The summed E-state index contributed by atoms with van der Waals surface area (Å²) < 4.78 is 0.756. The van der Waals surface area contributed by atoms with Gasteiger partial charge in [0.1, 0.15) is 0 Å². The molecule has 100 valence electrons. The highest BCUT2D eigenvalue weighted by Crippen LogP contribution is 2.44. The van der Waals surface area contributed by atoms with E-state index in [1.165, 1.54) is 24.2 Å². The van der Waals surface area contributed by atoms with Crippen molar-refractivity contribution in [2.24, 2.45) is 11.8 Å². The number of halogens is 1. The molecule has 18 heavy (non-hydrogen) atoms. The monoisotopic (exact) mass is 286 g/mol. The van der Waals surface area contributed by atoms with Crippen LogP contribution in [0.25, 0.3) is 0 Å². The molecule has 1 aliphatic carbocycles. The Balaban J connectivity index is 2.17. The molecule has 0 saturated heterocycles. The van der Waals surface area contributed by atoms with E-state index in [9.17, 15) is 9.90 Å². The Morgan fingerprint density at radius 2 is 2.28 bits per heavy atom. The third-order valence-electron chi connectivity index (χ3n) is 3.93. The predicted octanol–water partition coefficient (Wildman–Crippen LogP) is 4.79. The molecular weight excluding hydrogens is 268 g/mol. The molecule has 1 aliphatic rings. The van der Waals surface area contributed by atoms with Gasteiger partial charge in [-0.1, -0.05) is 31.4 Å². The van der Waals surface area contributed by atoms with Gasteiger partial charge in [-0.05, 0) is 37.3 Å². The maximum Gasteiger partial charge on any atom is 0.307 e. The molecule has 1 heterocycles. The highest BCUT2D eigenvalue weighted by atomic mass is 35.5. The first-order valence-corrected chi connectivity index (χ1v) is 7.79. The van der Waals surface area contributed by atoms with Crippen LogP contribution in [0, 0.1) is 11.8 Å².